The molecule has 0 saturated heterocycles. The van der Waals surface area contributed by atoms with Crippen molar-refractivity contribution < 1.29 is 13.9 Å². The number of hydrogen-bond donors (Lipinski definition) is 1. The lowest BCUT2D eigenvalue weighted by Crippen LogP contribution is -2.48. The Hall–Kier alpha value is -2.37. The van der Waals surface area contributed by atoms with Crippen LogP contribution in [0.15, 0.2) is 30.7 Å². The number of ether oxygens (including phenoxy) is 1. The number of aromatic nitrogens is 2. The molecule has 1 atom stereocenters. The van der Waals surface area contributed by atoms with Crippen molar-refractivity contribution in [3.63, 3.8) is 0 Å². The molecule has 0 bridgehead atoms. The van der Waals surface area contributed by atoms with Crippen LogP contribution in [0.5, 0.6) is 5.75 Å². The Morgan fingerprint density at radius 2 is 2.14 bits per heavy atom. The predicted octanol–water partition coefficient (Wildman–Crippen LogP) is 4.32. The topological polar surface area (TPSA) is 56.2 Å². The number of nitrogens with one attached hydrogen (secondary N) is 1. The van der Waals surface area contributed by atoms with Crippen LogP contribution < -0.4 is 10.1 Å². The number of alkyl halides is 1. The summed E-state index contributed by atoms with van der Waals surface area (Å²) in [7, 11) is 0. The van der Waals surface area contributed by atoms with Gasteiger partial charge in [0.15, 0.2) is 0 Å². The molecular weight excluding hydrogens is 357 g/mol. The highest BCUT2D eigenvalue weighted by Crippen LogP contribution is 2.44. The van der Waals surface area contributed by atoms with Crippen LogP contribution in [0, 0.1) is 12.8 Å². The number of benzene rings is 1. The van der Waals surface area contributed by atoms with Gasteiger partial charge in [-0.1, -0.05) is 18.9 Å². The Morgan fingerprint density at radius 1 is 1.36 bits per heavy atom. The molecule has 5 nitrogen and oxygen atoms in total. The van der Waals surface area contributed by atoms with Gasteiger partial charge in [0.1, 0.15) is 24.7 Å². The highest BCUT2D eigenvalue weighted by atomic mass is 19.1. The van der Waals surface area contributed by atoms with Gasteiger partial charge in [0.25, 0.3) is 5.91 Å². The number of halogens is 1. The first-order valence-electron chi connectivity index (χ1n) is 10.1. The van der Waals surface area contributed by atoms with E-state index < -0.39 is 12.3 Å². The number of carbonyl (C=O) groups excluding carboxylic acids is 1. The number of hydrogen-bond acceptors (Lipinski definition) is 3. The van der Waals surface area contributed by atoms with E-state index in [1.54, 1.807) is 12.4 Å². The Morgan fingerprint density at radius 3 is 2.75 bits per heavy atom. The molecule has 0 aliphatic heterocycles. The third-order valence-electron chi connectivity index (χ3n) is 5.68. The summed E-state index contributed by atoms with van der Waals surface area (Å²) in [6, 6.07) is 5.57. The van der Waals surface area contributed by atoms with Gasteiger partial charge in [0.05, 0.1) is 12.0 Å². The molecule has 0 spiro atoms. The van der Waals surface area contributed by atoms with Crippen LogP contribution in [0.25, 0.3) is 0 Å². The number of amides is 1. The normalized spacial score (nSPS) is 18.5. The standard InChI is InChI=1S/C22H28FN3O2/c1-15-13-26(14-24-15)22(2,12-16-3-4-16)25-21(27)18-7-8-19(17-5-6-17)20(11-18)28-10-9-23/h7-8,11,13-14,16-17H,3-6,9-10,12H2,1-2H3,(H,25,27). The third kappa shape index (κ3) is 4.21. The van der Waals surface area contributed by atoms with E-state index in [-0.39, 0.29) is 12.5 Å². The van der Waals surface area contributed by atoms with E-state index in [0.29, 0.717) is 23.1 Å². The van der Waals surface area contributed by atoms with Crippen molar-refractivity contribution in [1.82, 2.24) is 14.9 Å². The minimum Gasteiger partial charge on any atom is -0.491 e. The number of nitrogens with zero attached hydrogens (tertiary/aromatic N) is 2. The first kappa shape index (κ1) is 19.0. The molecule has 1 aromatic carbocycles. The maximum atomic E-state index is 13.1. The minimum atomic E-state index is -0.542. The summed E-state index contributed by atoms with van der Waals surface area (Å²) in [6.07, 6.45) is 9.28. The summed E-state index contributed by atoms with van der Waals surface area (Å²) in [4.78, 5) is 17.4. The SMILES string of the molecule is Cc1cn(C(C)(CC2CC2)NC(=O)c2ccc(C3CC3)c(OCCF)c2)cn1. The zero-order valence-corrected chi connectivity index (χ0v) is 16.6. The average molecular weight is 385 g/mol. The highest BCUT2D eigenvalue weighted by Gasteiger charge is 2.36. The third-order valence-corrected chi connectivity index (χ3v) is 5.68. The van der Waals surface area contributed by atoms with Gasteiger partial charge >= 0.3 is 0 Å². The van der Waals surface area contributed by atoms with Gasteiger partial charge in [0.2, 0.25) is 0 Å². The van der Waals surface area contributed by atoms with Crippen molar-refractivity contribution in [3.05, 3.63) is 47.5 Å². The Kier molecular flexibility index (Phi) is 5.13. The van der Waals surface area contributed by atoms with E-state index in [0.717, 1.165) is 30.5 Å². The molecule has 150 valence electrons. The summed E-state index contributed by atoms with van der Waals surface area (Å²) < 4.78 is 20.2. The second-order valence-electron chi connectivity index (χ2n) is 8.36. The Labute approximate surface area is 165 Å². The maximum absolute atomic E-state index is 13.1. The Balaban J connectivity index is 1.56. The molecule has 4 rings (SSSR count). The first-order valence-corrected chi connectivity index (χ1v) is 10.1. The van der Waals surface area contributed by atoms with Crippen LogP contribution in [-0.4, -0.2) is 28.7 Å². The van der Waals surface area contributed by atoms with Crippen molar-refractivity contribution in [2.45, 2.75) is 57.5 Å². The summed E-state index contributed by atoms with van der Waals surface area (Å²) >= 11 is 0. The van der Waals surface area contributed by atoms with Crippen LogP contribution in [0.1, 0.15) is 66.6 Å². The molecule has 1 N–H and O–H groups in total. The van der Waals surface area contributed by atoms with E-state index in [4.69, 9.17) is 4.74 Å². The fourth-order valence-electron chi connectivity index (χ4n) is 3.79. The fourth-order valence-corrected chi connectivity index (χ4v) is 3.79. The van der Waals surface area contributed by atoms with Crippen LogP contribution >= 0.6 is 0 Å². The molecule has 6 heteroatoms. The molecule has 1 unspecified atom stereocenters. The summed E-state index contributed by atoms with van der Waals surface area (Å²) in [5, 5.41) is 3.21. The zero-order valence-electron chi connectivity index (χ0n) is 16.6. The second kappa shape index (κ2) is 7.57. The monoisotopic (exact) mass is 385 g/mol. The minimum absolute atomic E-state index is 0.0124. The largest absolute Gasteiger partial charge is 0.491 e. The summed E-state index contributed by atoms with van der Waals surface area (Å²) in [6.45, 7) is 3.46. The number of rotatable bonds is 9. The predicted molar refractivity (Wildman–Crippen MR) is 105 cm³/mol. The van der Waals surface area contributed by atoms with Crippen molar-refractivity contribution in [2.24, 2.45) is 5.92 Å². The number of aryl methyl sites for hydroxylation is 1. The quantitative estimate of drug-likeness (QED) is 0.699. The van der Waals surface area contributed by atoms with E-state index in [2.05, 4.69) is 10.3 Å². The van der Waals surface area contributed by atoms with Crippen LogP contribution in [0.3, 0.4) is 0 Å². The van der Waals surface area contributed by atoms with E-state index in [1.165, 1.54) is 12.8 Å². The van der Waals surface area contributed by atoms with Crippen molar-refractivity contribution in [2.75, 3.05) is 13.3 Å². The molecular formula is C22H28FN3O2. The van der Waals surface area contributed by atoms with Gasteiger partial charge in [-0.2, -0.15) is 0 Å². The summed E-state index contributed by atoms with van der Waals surface area (Å²) in [5.41, 5.74) is 2.01. The van der Waals surface area contributed by atoms with Crippen LogP contribution in [0.4, 0.5) is 4.39 Å². The lowest BCUT2D eigenvalue weighted by Gasteiger charge is -2.32. The molecule has 2 aliphatic carbocycles. The lowest BCUT2D eigenvalue weighted by atomic mass is 10.0. The van der Waals surface area contributed by atoms with Crippen LogP contribution in [0.2, 0.25) is 0 Å². The fraction of sp³-hybridized carbons (Fsp3) is 0.545. The molecule has 0 radical (unpaired) electrons. The molecule has 2 saturated carbocycles. The number of imidazole rings is 1. The van der Waals surface area contributed by atoms with Crippen molar-refractivity contribution >= 4 is 5.91 Å². The molecule has 28 heavy (non-hydrogen) atoms. The van der Waals surface area contributed by atoms with Gasteiger partial charge < -0.3 is 14.6 Å². The second-order valence-corrected chi connectivity index (χ2v) is 8.36. The van der Waals surface area contributed by atoms with Gasteiger partial charge in [-0.25, -0.2) is 9.37 Å². The van der Waals surface area contributed by atoms with Crippen molar-refractivity contribution in [3.8, 4) is 5.75 Å². The highest BCUT2D eigenvalue weighted by molar-refractivity contribution is 5.95. The molecule has 2 fully saturated rings. The lowest BCUT2D eigenvalue weighted by molar-refractivity contribution is 0.0839. The van der Waals surface area contributed by atoms with Gasteiger partial charge in [-0.15, -0.1) is 0 Å². The van der Waals surface area contributed by atoms with Crippen molar-refractivity contribution in [1.29, 1.82) is 0 Å². The molecule has 2 aromatic rings. The summed E-state index contributed by atoms with van der Waals surface area (Å²) in [5.74, 6) is 1.59. The number of carbonyl (C=O) groups is 1. The smallest absolute Gasteiger partial charge is 0.253 e. The molecule has 1 amide bonds. The average Bonchev–Trinajstić information content (AvgIpc) is 3.60. The van der Waals surface area contributed by atoms with Gasteiger partial charge in [0, 0.05) is 11.8 Å². The zero-order chi connectivity index (χ0) is 19.7. The van der Waals surface area contributed by atoms with Gasteiger partial charge in [-0.05, 0) is 62.6 Å². The Bertz CT molecular complexity index is 857. The van der Waals surface area contributed by atoms with E-state index >= 15 is 0 Å². The molecule has 1 aromatic heterocycles. The van der Waals surface area contributed by atoms with Crippen LogP contribution in [-0.2, 0) is 5.66 Å². The maximum Gasteiger partial charge on any atom is 0.253 e. The van der Waals surface area contributed by atoms with E-state index in [1.807, 2.05) is 36.7 Å². The first-order chi connectivity index (χ1) is 13.5. The van der Waals surface area contributed by atoms with Gasteiger partial charge in [-0.3, -0.25) is 4.79 Å². The molecule has 2 aliphatic rings. The van der Waals surface area contributed by atoms with E-state index in [9.17, 15) is 9.18 Å². The molecule has 1 heterocycles.